The number of hydrogen-bond acceptors (Lipinski definition) is 6. The zero-order valence-electron chi connectivity index (χ0n) is 17.7. The zero-order valence-corrected chi connectivity index (χ0v) is 18.5. The third-order valence-corrected chi connectivity index (χ3v) is 5.67. The highest BCUT2D eigenvalue weighted by Crippen LogP contribution is 2.29. The summed E-state index contributed by atoms with van der Waals surface area (Å²) in [4.78, 5) is 10.7. The minimum absolute atomic E-state index is 0.138. The molecule has 0 bridgehead atoms. The van der Waals surface area contributed by atoms with Gasteiger partial charge < -0.3 is 13.7 Å². The van der Waals surface area contributed by atoms with Crippen LogP contribution in [0.15, 0.2) is 47.6 Å². The Morgan fingerprint density at radius 1 is 1.13 bits per heavy atom. The highest BCUT2D eigenvalue weighted by molar-refractivity contribution is 7.87. The molecule has 0 unspecified atom stereocenters. The van der Waals surface area contributed by atoms with Crippen LogP contribution in [0.2, 0.25) is 0 Å². The molecule has 0 fully saturated rings. The van der Waals surface area contributed by atoms with Gasteiger partial charge in [-0.3, -0.25) is 4.98 Å². The van der Waals surface area contributed by atoms with E-state index in [0.717, 1.165) is 12.1 Å². The van der Waals surface area contributed by atoms with Crippen LogP contribution in [0.5, 0.6) is 5.75 Å². The van der Waals surface area contributed by atoms with Crippen LogP contribution in [0, 0.1) is 11.6 Å². The summed E-state index contributed by atoms with van der Waals surface area (Å²) in [5.41, 5.74) is 0.938. The monoisotopic (exact) mass is 450 g/mol. The molecule has 1 aromatic carbocycles. The van der Waals surface area contributed by atoms with Crippen molar-refractivity contribution >= 4 is 10.1 Å². The number of nitrogens with zero attached hydrogens (tertiary/aromatic N) is 4. The average molecular weight is 451 g/mol. The van der Waals surface area contributed by atoms with Crippen molar-refractivity contribution in [2.24, 2.45) is 0 Å². The molecule has 7 nitrogen and oxygen atoms in total. The third kappa shape index (κ3) is 5.45. The van der Waals surface area contributed by atoms with Crippen molar-refractivity contribution in [2.75, 3.05) is 14.1 Å². The molecule has 0 saturated heterocycles. The summed E-state index contributed by atoms with van der Waals surface area (Å²) >= 11 is 0. The molecule has 31 heavy (non-hydrogen) atoms. The van der Waals surface area contributed by atoms with Gasteiger partial charge in [0.2, 0.25) is 0 Å². The number of aromatic nitrogens is 3. The standard InChI is InChI=1S/C21H24F2N4O3S/c1-14(2)20-21(31(28,29)30-18-10-15(22)9-16(23)11-18)27(19(25-20)13-26(3)4)12-17-7-5-6-8-24-17/h5-11,14H,12-13H2,1-4H3. The van der Waals surface area contributed by atoms with Gasteiger partial charge in [0.05, 0.1) is 24.5 Å². The van der Waals surface area contributed by atoms with Crippen LogP contribution < -0.4 is 4.18 Å². The lowest BCUT2D eigenvalue weighted by molar-refractivity contribution is 0.378. The van der Waals surface area contributed by atoms with Crippen LogP contribution in [-0.2, 0) is 23.2 Å². The molecule has 0 atom stereocenters. The van der Waals surface area contributed by atoms with Gasteiger partial charge >= 0.3 is 10.1 Å². The van der Waals surface area contributed by atoms with E-state index in [0.29, 0.717) is 29.8 Å². The molecule has 166 valence electrons. The van der Waals surface area contributed by atoms with Crippen molar-refractivity contribution in [3.63, 3.8) is 0 Å². The molecule has 0 aliphatic carbocycles. The smallest absolute Gasteiger partial charge is 0.357 e. The highest BCUT2D eigenvalue weighted by atomic mass is 32.2. The molecule has 0 aliphatic heterocycles. The summed E-state index contributed by atoms with van der Waals surface area (Å²) in [6, 6.07) is 7.60. The fraction of sp³-hybridized carbons (Fsp3) is 0.333. The van der Waals surface area contributed by atoms with Crippen molar-refractivity contribution in [1.29, 1.82) is 0 Å². The van der Waals surface area contributed by atoms with E-state index >= 15 is 0 Å². The van der Waals surface area contributed by atoms with Crippen molar-refractivity contribution in [3.05, 3.63) is 71.4 Å². The third-order valence-electron chi connectivity index (χ3n) is 4.35. The number of halogens is 2. The van der Waals surface area contributed by atoms with Crippen molar-refractivity contribution in [1.82, 2.24) is 19.4 Å². The number of hydrogen-bond donors (Lipinski definition) is 0. The first kappa shape index (κ1) is 22.8. The summed E-state index contributed by atoms with van der Waals surface area (Å²) < 4.78 is 60.4. The fourth-order valence-electron chi connectivity index (χ4n) is 3.10. The largest absolute Gasteiger partial charge is 0.378 e. The van der Waals surface area contributed by atoms with Crippen molar-refractivity contribution in [2.45, 2.75) is 37.9 Å². The van der Waals surface area contributed by atoms with Crippen LogP contribution in [0.4, 0.5) is 8.78 Å². The minimum Gasteiger partial charge on any atom is -0.378 e. The Labute approximate surface area is 180 Å². The van der Waals surface area contributed by atoms with E-state index in [9.17, 15) is 17.2 Å². The Kier molecular flexibility index (Phi) is 6.71. The fourth-order valence-corrected chi connectivity index (χ4v) is 4.51. The second-order valence-electron chi connectivity index (χ2n) is 7.66. The molecule has 0 saturated carbocycles. The van der Waals surface area contributed by atoms with E-state index in [-0.39, 0.29) is 17.5 Å². The molecule has 10 heteroatoms. The van der Waals surface area contributed by atoms with Crippen molar-refractivity contribution < 1.29 is 21.4 Å². The summed E-state index contributed by atoms with van der Waals surface area (Å²) in [5.74, 6) is -2.07. The Morgan fingerprint density at radius 2 is 1.81 bits per heavy atom. The van der Waals surface area contributed by atoms with Gasteiger partial charge in [0.1, 0.15) is 23.2 Å². The molecule has 2 aromatic heterocycles. The predicted octanol–water partition coefficient (Wildman–Crippen LogP) is 3.56. The maximum Gasteiger partial charge on any atom is 0.357 e. The van der Waals surface area contributed by atoms with Crippen LogP contribution in [-0.4, -0.2) is 41.9 Å². The van der Waals surface area contributed by atoms with Crippen LogP contribution >= 0.6 is 0 Å². The summed E-state index contributed by atoms with van der Waals surface area (Å²) in [6.45, 7) is 4.14. The van der Waals surface area contributed by atoms with Crippen LogP contribution in [0.3, 0.4) is 0 Å². The van der Waals surface area contributed by atoms with Gasteiger partial charge in [0, 0.05) is 24.4 Å². The Morgan fingerprint density at radius 3 is 2.35 bits per heavy atom. The molecule has 3 aromatic rings. The Balaban J connectivity index is 2.16. The Bertz CT molecular complexity index is 1140. The predicted molar refractivity (Wildman–Crippen MR) is 111 cm³/mol. The number of pyridine rings is 1. The molecular formula is C21H24F2N4O3S. The maximum absolute atomic E-state index is 13.6. The van der Waals surface area contributed by atoms with Crippen LogP contribution in [0.1, 0.15) is 37.0 Å². The van der Waals surface area contributed by atoms with Gasteiger partial charge in [-0.1, -0.05) is 19.9 Å². The maximum atomic E-state index is 13.6. The summed E-state index contributed by atoms with van der Waals surface area (Å²) in [5, 5.41) is -0.158. The Hall–Kier alpha value is -2.85. The normalized spacial score (nSPS) is 12.0. The van der Waals surface area contributed by atoms with Crippen molar-refractivity contribution in [3.8, 4) is 5.75 Å². The molecule has 3 rings (SSSR count). The lowest BCUT2D eigenvalue weighted by atomic mass is 10.1. The van der Waals surface area contributed by atoms with Gasteiger partial charge in [-0.05, 0) is 32.1 Å². The molecule has 2 heterocycles. The first-order valence-electron chi connectivity index (χ1n) is 9.61. The zero-order chi connectivity index (χ0) is 22.8. The van der Waals surface area contributed by atoms with Gasteiger partial charge in [-0.15, -0.1) is 0 Å². The average Bonchev–Trinajstić information content (AvgIpc) is 3.00. The second-order valence-corrected chi connectivity index (χ2v) is 9.12. The van der Waals surface area contributed by atoms with E-state index in [1.165, 1.54) is 4.57 Å². The first-order valence-corrected chi connectivity index (χ1v) is 11.0. The second kappa shape index (κ2) is 9.11. The number of rotatable bonds is 8. The summed E-state index contributed by atoms with van der Waals surface area (Å²) in [7, 11) is -0.783. The SMILES string of the molecule is CC(C)c1nc(CN(C)C)n(Cc2ccccn2)c1S(=O)(=O)Oc1cc(F)cc(F)c1. The van der Waals surface area contributed by atoms with Gasteiger partial charge in [-0.25, -0.2) is 13.8 Å². The van der Waals surface area contributed by atoms with Gasteiger partial charge in [-0.2, -0.15) is 8.42 Å². The van der Waals surface area contributed by atoms with Crippen LogP contribution in [0.25, 0.3) is 0 Å². The lowest BCUT2D eigenvalue weighted by Crippen LogP contribution is -2.21. The molecule has 0 aliphatic rings. The first-order chi connectivity index (χ1) is 14.6. The highest BCUT2D eigenvalue weighted by Gasteiger charge is 2.32. The van der Waals surface area contributed by atoms with E-state index in [1.807, 2.05) is 32.8 Å². The molecule has 0 radical (unpaired) electrons. The lowest BCUT2D eigenvalue weighted by Gasteiger charge is -2.15. The number of benzene rings is 1. The van der Waals surface area contributed by atoms with E-state index in [1.54, 1.807) is 24.4 Å². The molecule has 0 amide bonds. The number of imidazole rings is 1. The van der Waals surface area contributed by atoms with Gasteiger partial charge in [0.15, 0.2) is 5.03 Å². The van der Waals surface area contributed by atoms with E-state index in [2.05, 4.69) is 9.97 Å². The van der Waals surface area contributed by atoms with Gasteiger partial charge in [0.25, 0.3) is 0 Å². The molecule has 0 N–H and O–H groups in total. The topological polar surface area (TPSA) is 77.3 Å². The minimum atomic E-state index is -4.47. The van der Waals surface area contributed by atoms with E-state index in [4.69, 9.17) is 4.18 Å². The van der Waals surface area contributed by atoms with E-state index < -0.39 is 27.5 Å². The molecular weight excluding hydrogens is 426 g/mol. The molecule has 0 spiro atoms. The quantitative estimate of drug-likeness (QED) is 0.489. The summed E-state index contributed by atoms with van der Waals surface area (Å²) in [6.07, 6.45) is 1.61.